The second-order valence-electron chi connectivity index (χ2n) is 6.86. The average Bonchev–Trinajstić information content (AvgIpc) is 3.16. The highest BCUT2D eigenvalue weighted by atomic mass is 35.5. The number of halogens is 1. The third-order valence-corrected chi connectivity index (χ3v) is 5.58. The van der Waals surface area contributed by atoms with E-state index in [2.05, 4.69) is 4.90 Å². The van der Waals surface area contributed by atoms with Crippen LogP contribution in [0.15, 0.2) is 18.2 Å². The second kappa shape index (κ2) is 6.36. The number of piperidine rings is 1. The van der Waals surface area contributed by atoms with Gasteiger partial charge >= 0.3 is 0 Å². The molecule has 4 rings (SSSR count). The van der Waals surface area contributed by atoms with Gasteiger partial charge in [0.05, 0.1) is 31.4 Å². The average molecular weight is 365 g/mol. The normalized spacial score (nSPS) is 26.8. The summed E-state index contributed by atoms with van der Waals surface area (Å²) in [5, 5.41) is 0.514. The summed E-state index contributed by atoms with van der Waals surface area (Å²) in [5.41, 5.74) is 1.44. The predicted molar refractivity (Wildman–Crippen MR) is 92.5 cm³/mol. The quantitative estimate of drug-likeness (QED) is 0.752. The van der Waals surface area contributed by atoms with Crippen LogP contribution in [0.5, 0.6) is 0 Å². The van der Waals surface area contributed by atoms with Crippen LogP contribution in [-0.2, 0) is 19.1 Å². The van der Waals surface area contributed by atoms with Gasteiger partial charge in [0.15, 0.2) is 5.79 Å². The number of hydrogen-bond donors (Lipinski definition) is 0. The highest BCUT2D eigenvalue weighted by molar-refractivity contribution is 6.31. The fraction of sp³-hybridized carbons (Fsp3) is 0.556. The van der Waals surface area contributed by atoms with E-state index in [0.717, 1.165) is 18.4 Å². The molecular formula is C18H21ClN2O4. The highest BCUT2D eigenvalue weighted by Crippen LogP contribution is 2.35. The van der Waals surface area contributed by atoms with E-state index < -0.39 is 11.8 Å². The molecule has 0 saturated carbocycles. The fourth-order valence-electron chi connectivity index (χ4n) is 3.94. The van der Waals surface area contributed by atoms with Gasteiger partial charge in [0.25, 0.3) is 5.91 Å². The standard InChI is InChI=1S/C18H21ClN2O4/c1-12-2-3-13(19)10-14(12)21-16(22)11-15(17(21)23)20-6-4-18(5-7-20)24-8-9-25-18/h2-3,10,15H,4-9,11H2,1H3/t15-/m1/s1. The Kier molecular flexibility index (Phi) is 4.32. The molecule has 0 aliphatic carbocycles. The molecule has 1 aromatic rings. The van der Waals surface area contributed by atoms with E-state index in [0.29, 0.717) is 37.0 Å². The number of carbonyl (C=O) groups excluding carboxylic acids is 2. The van der Waals surface area contributed by atoms with Crippen molar-refractivity contribution in [2.45, 2.75) is 38.0 Å². The van der Waals surface area contributed by atoms with Crippen LogP contribution in [0.3, 0.4) is 0 Å². The molecule has 0 unspecified atom stereocenters. The van der Waals surface area contributed by atoms with E-state index >= 15 is 0 Å². The van der Waals surface area contributed by atoms with Crippen LogP contribution in [0.1, 0.15) is 24.8 Å². The molecule has 3 fully saturated rings. The summed E-state index contributed by atoms with van der Waals surface area (Å²) in [4.78, 5) is 28.9. The molecule has 3 saturated heterocycles. The van der Waals surface area contributed by atoms with Crippen molar-refractivity contribution in [2.75, 3.05) is 31.2 Å². The van der Waals surface area contributed by atoms with Crippen LogP contribution in [-0.4, -0.2) is 54.8 Å². The molecule has 0 aromatic heterocycles. The summed E-state index contributed by atoms with van der Waals surface area (Å²) in [6.45, 7) is 4.50. The van der Waals surface area contributed by atoms with Crippen LogP contribution < -0.4 is 4.90 Å². The first-order valence-corrected chi connectivity index (χ1v) is 9.02. The summed E-state index contributed by atoms with van der Waals surface area (Å²) in [7, 11) is 0. The van der Waals surface area contributed by atoms with Gasteiger partial charge in [-0.05, 0) is 24.6 Å². The van der Waals surface area contributed by atoms with Crippen LogP contribution in [0.25, 0.3) is 0 Å². The maximum absolute atomic E-state index is 12.9. The number of ether oxygens (including phenoxy) is 2. The minimum Gasteiger partial charge on any atom is -0.347 e. The van der Waals surface area contributed by atoms with Crippen molar-refractivity contribution in [2.24, 2.45) is 0 Å². The Morgan fingerprint density at radius 1 is 1.16 bits per heavy atom. The van der Waals surface area contributed by atoms with Crippen LogP contribution in [0, 0.1) is 6.92 Å². The number of aryl methyl sites for hydroxylation is 1. The third-order valence-electron chi connectivity index (χ3n) is 5.35. The molecule has 25 heavy (non-hydrogen) atoms. The molecule has 0 N–H and O–H groups in total. The molecule has 7 heteroatoms. The van der Waals surface area contributed by atoms with Gasteiger partial charge in [0, 0.05) is 31.0 Å². The number of rotatable bonds is 2. The molecule has 134 valence electrons. The zero-order chi connectivity index (χ0) is 17.6. The number of hydrogen-bond acceptors (Lipinski definition) is 5. The van der Waals surface area contributed by atoms with Gasteiger partial charge in [0.2, 0.25) is 5.91 Å². The number of imide groups is 1. The molecule has 3 aliphatic rings. The van der Waals surface area contributed by atoms with E-state index in [1.54, 1.807) is 12.1 Å². The fourth-order valence-corrected chi connectivity index (χ4v) is 4.11. The minimum atomic E-state index is -0.481. The lowest BCUT2D eigenvalue weighted by Gasteiger charge is -2.39. The monoisotopic (exact) mass is 364 g/mol. The van der Waals surface area contributed by atoms with Crippen molar-refractivity contribution in [3.05, 3.63) is 28.8 Å². The van der Waals surface area contributed by atoms with Gasteiger partial charge in [0.1, 0.15) is 0 Å². The van der Waals surface area contributed by atoms with Crippen LogP contribution >= 0.6 is 11.6 Å². The predicted octanol–water partition coefficient (Wildman–Crippen LogP) is 2.12. The summed E-state index contributed by atoms with van der Waals surface area (Å²) < 4.78 is 11.5. The SMILES string of the molecule is Cc1ccc(Cl)cc1N1C(=O)C[C@@H](N2CCC3(CC2)OCCO3)C1=O. The molecule has 0 bridgehead atoms. The Morgan fingerprint density at radius 3 is 2.52 bits per heavy atom. The van der Waals surface area contributed by atoms with Crippen molar-refractivity contribution in [1.29, 1.82) is 0 Å². The van der Waals surface area contributed by atoms with Crippen molar-refractivity contribution in [3.63, 3.8) is 0 Å². The largest absolute Gasteiger partial charge is 0.347 e. The molecule has 3 heterocycles. The van der Waals surface area contributed by atoms with Crippen LogP contribution in [0.2, 0.25) is 5.02 Å². The third kappa shape index (κ3) is 2.97. The molecule has 1 aromatic carbocycles. The van der Waals surface area contributed by atoms with E-state index in [1.807, 2.05) is 13.0 Å². The van der Waals surface area contributed by atoms with Gasteiger partial charge in [-0.25, -0.2) is 4.90 Å². The van der Waals surface area contributed by atoms with Crippen molar-refractivity contribution in [1.82, 2.24) is 4.90 Å². The first kappa shape index (κ1) is 17.0. The van der Waals surface area contributed by atoms with E-state index in [-0.39, 0.29) is 18.2 Å². The number of likely N-dealkylation sites (tertiary alicyclic amines) is 1. The Labute approximate surface area is 151 Å². The molecular weight excluding hydrogens is 344 g/mol. The van der Waals surface area contributed by atoms with Gasteiger partial charge in [-0.1, -0.05) is 17.7 Å². The number of carbonyl (C=O) groups is 2. The summed E-state index contributed by atoms with van der Waals surface area (Å²) in [6.07, 6.45) is 1.65. The Hall–Kier alpha value is -1.47. The minimum absolute atomic E-state index is 0.167. The summed E-state index contributed by atoms with van der Waals surface area (Å²) >= 11 is 6.06. The number of benzene rings is 1. The lowest BCUT2D eigenvalue weighted by atomic mass is 10.0. The maximum atomic E-state index is 12.9. The molecule has 1 spiro atoms. The van der Waals surface area contributed by atoms with Gasteiger partial charge < -0.3 is 9.47 Å². The van der Waals surface area contributed by atoms with Crippen molar-refractivity contribution in [3.8, 4) is 0 Å². The van der Waals surface area contributed by atoms with E-state index in [9.17, 15) is 9.59 Å². The smallest absolute Gasteiger partial charge is 0.251 e. The topological polar surface area (TPSA) is 59.1 Å². The molecule has 0 radical (unpaired) electrons. The van der Waals surface area contributed by atoms with E-state index in [4.69, 9.17) is 21.1 Å². The summed E-state index contributed by atoms with van der Waals surface area (Å²) in [5.74, 6) is -0.820. The van der Waals surface area contributed by atoms with Crippen LogP contribution in [0.4, 0.5) is 5.69 Å². The lowest BCUT2D eigenvalue weighted by Crippen LogP contribution is -2.51. The van der Waals surface area contributed by atoms with Gasteiger partial charge in [-0.2, -0.15) is 0 Å². The van der Waals surface area contributed by atoms with Crippen molar-refractivity contribution < 1.29 is 19.1 Å². The molecule has 2 amide bonds. The lowest BCUT2D eigenvalue weighted by molar-refractivity contribution is -0.188. The van der Waals surface area contributed by atoms with E-state index in [1.165, 1.54) is 4.90 Å². The van der Waals surface area contributed by atoms with Gasteiger partial charge in [-0.15, -0.1) is 0 Å². The Morgan fingerprint density at radius 2 is 1.84 bits per heavy atom. The Bertz CT molecular complexity index is 707. The first-order valence-electron chi connectivity index (χ1n) is 8.64. The molecule has 1 atom stereocenters. The molecule has 3 aliphatic heterocycles. The maximum Gasteiger partial charge on any atom is 0.251 e. The van der Waals surface area contributed by atoms with Gasteiger partial charge in [-0.3, -0.25) is 14.5 Å². The second-order valence-corrected chi connectivity index (χ2v) is 7.30. The number of nitrogens with zero attached hydrogens (tertiary/aromatic N) is 2. The number of amides is 2. The highest BCUT2D eigenvalue weighted by Gasteiger charge is 2.47. The zero-order valence-corrected chi connectivity index (χ0v) is 14.9. The summed E-state index contributed by atoms with van der Waals surface area (Å²) in [6, 6.07) is 4.85. The number of anilines is 1. The zero-order valence-electron chi connectivity index (χ0n) is 14.2. The van der Waals surface area contributed by atoms with Crippen molar-refractivity contribution >= 4 is 29.1 Å². The Balaban J connectivity index is 1.51. The molecule has 6 nitrogen and oxygen atoms in total. The first-order chi connectivity index (χ1) is 12.0.